The molecule has 3 radical (unpaired) electrons. The largest absolute Gasteiger partial charge is 1.00 e. The summed E-state index contributed by atoms with van der Waals surface area (Å²) in [5.41, 5.74) is 17.7. The van der Waals surface area contributed by atoms with Crippen LogP contribution in [0.1, 0.15) is 60.4 Å². The summed E-state index contributed by atoms with van der Waals surface area (Å²) < 4.78 is 89.4. The first-order chi connectivity index (χ1) is 71.0. The molecule has 0 aliphatic heterocycles. The first kappa shape index (κ1) is 121. The van der Waals surface area contributed by atoms with Crippen LogP contribution < -0.4 is 29.6 Å². The summed E-state index contributed by atoms with van der Waals surface area (Å²) in [6.45, 7) is 0.360. The molecular weight excluding hydrogens is 2280 g/mol. The van der Waals surface area contributed by atoms with Gasteiger partial charge in [0.2, 0.25) is 35.5 Å². The smallest absolute Gasteiger partial charge is 1.00 e. The molecule has 12 aromatic heterocycles. The molecule has 3 N–H and O–H groups in total. The molecule has 150 heavy (non-hydrogen) atoms. The van der Waals surface area contributed by atoms with E-state index < -0.39 is 61.2 Å². The summed E-state index contributed by atoms with van der Waals surface area (Å²) in [6.07, 6.45) is 15.9. The van der Waals surface area contributed by atoms with E-state index in [0.29, 0.717) is 207 Å². The van der Waals surface area contributed by atoms with Gasteiger partial charge in [0.25, 0.3) is 5.91 Å². The number of carbonyl (C=O) groups excluding carboxylic acids is 3. The number of rotatable bonds is 21. The summed E-state index contributed by atoms with van der Waals surface area (Å²) in [6, 6.07) is 49.5. The zero-order valence-corrected chi connectivity index (χ0v) is 92.0. The number of thiophene rings is 5. The second-order valence-corrected chi connectivity index (χ2v) is 40.2. The van der Waals surface area contributed by atoms with E-state index >= 15 is 0 Å². The standard InChI is InChI=1S/2C19H10Cl2FN5OS.C19H12Cl2FN3O2S.C18H7Cl2FN2S.C17H7Cl2FN2OS.C5H9N2O4P.CH4O.B.Na.H/c20-11-1-2-12(14(21)6-11)17-13(7-23)18(10-3-4-24-16(22)5-10)29-19(17)15-8-27(9-28)26-25-15;20-11-1-2-12(14(21)6-11)17-13(7-23)18(10-3-4-24-16(22)5-10)29-19(17)15-8-25-27(9-28)26-15;1-25(27-2)19(26)18-16(12-4-3-11(20)8-14(12)21)13(9-23)17(28-18)10-5-6-24-15(22)7-10;1-2-15-17(12-4-3-11(19)8-14(12)20)13(9-22)18(24-15)10-5-6-23-16(21)7-10;18-10-1-2-11(13(19)6-10)16-12(7-21)17(24-14(16)8-23)9-3-4-22-15(20)5-9;1-4(8)5(7-6)12(9,10-2)11-3;1-2;;;/h2*1-6,8,28H,9H2;3-8H,1-2H3;1,3-8H;1-6,8H;1-3H3;2H,1H3;;;/q;;;;;;;;+1;-1. The zero-order chi connectivity index (χ0) is 108. The Labute approximate surface area is 945 Å². The number of aldehydes is 1. The zero-order valence-electron chi connectivity index (χ0n) is 78.5. The first-order valence-corrected chi connectivity index (χ1v) is 50.3. The van der Waals surface area contributed by atoms with E-state index in [9.17, 15) is 77.4 Å². The Bertz CT molecular complexity index is 8180. The van der Waals surface area contributed by atoms with Crippen LogP contribution in [0.4, 0.5) is 22.0 Å². The molecule has 0 saturated heterocycles. The Morgan fingerprint density at radius 1 is 0.493 bits per heavy atom. The predicted octanol–water partition coefficient (Wildman–Crippen LogP) is 23.9. The number of terminal acetylenes is 1. The van der Waals surface area contributed by atoms with Gasteiger partial charge in [0, 0.05) is 211 Å². The molecule has 5 aromatic carbocycles. The number of aromatic nitrogens is 11. The summed E-state index contributed by atoms with van der Waals surface area (Å²) >= 11 is 67.5. The number of aliphatic hydroxyl groups is 3. The number of benzene rings is 5. The first-order valence-electron chi connectivity index (χ1n) is 40.9. The average Bonchev–Trinajstić information content (AvgIpc) is 1.65. The van der Waals surface area contributed by atoms with E-state index in [1.807, 2.05) is 0 Å². The van der Waals surface area contributed by atoms with Gasteiger partial charge >= 0.3 is 42.6 Å². The Hall–Kier alpha value is -12.6. The van der Waals surface area contributed by atoms with E-state index in [0.717, 1.165) is 60.8 Å². The molecule has 751 valence electrons. The van der Waals surface area contributed by atoms with Gasteiger partial charge in [0.15, 0.2) is 13.0 Å². The molecule has 29 nitrogen and oxygen atoms in total. The van der Waals surface area contributed by atoms with Gasteiger partial charge in [-0.25, -0.2) is 39.2 Å². The monoisotopic (exact) mass is 2330 g/mol. The van der Waals surface area contributed by atoms with Gasteiger partial charge in [-0.1, -0.05) is 157 Å². The molecule has 17 rings (SSSR count). The summed E-state index contributed by atoms with van der Waals surface area (Å²) in [5, 5.41) is 95.7. The number of amides is 1. The molecule has 0 bridgehead atoms. The molecule has 0 spiro atoms. The fourth-order valence-electron chi connectivity index (χ4n) is 13.6. The topological polar surface area (TPSA) is 441 Å². The van der Waals surface area contributed by atoms with Crippen molar-refractivity contribution in [3.05, 3.63) is 323 Å². The van der Waals surface area contributed by atoms with Gasteiger partial charge in [0.1, 0.15) is 53.3 Å². The fourth-order valence-corrected chi connectivity index (χ4v) is 22.9. The molecule has 0 aliphatic carbocycles. The van der Waals surface area contributed by atoms with E-state index in [1.54, 1.807) is 115 Å². The third kappa shape index (κ3) is 28.2. The minimum atomic E-state index is -3.70. The summed E-state index contributed by atoms with van der Waals surface area (Å²) in [5.74, 6) is -1.84. The molecule has 12 heterocycles. The number of ketones is 1. The van der Waals surface area contributed by atoms with Crippen molar-refractivity contribution in [1.82, 2.24) is 60.0 Å². The Morgan fingerprint density at radius 3 is 1.12 bits per heavy atom. The van der Waals surface area contributed by atoms with Crippen molar-refractivity contribution in [2.75, 3.05) is 35.5 Å². The Kier molecular flexibility index (Phi) is 45.1. The van der Waals surface area contributed by atoms with Crippen molar-refractivity contribution in [2.45, 2.75) is 20.4 Å². The number of halogens is 15. The SMILES string of the molecule is C#Cc1sc(-c2ccnc(F)c2)c(C#N)c1-c1ccc(Cl)cc1Cl.CO.CON(C)C(=O)c1sc(-c2ccnc(F)c2)c(C#N)c1-c1ccc(Cl)cc1Cl.COP(=O)(OC)C(=[N+]=[N-])C(C)=O.N#Cc1c(-c2ccnc(F)c2)sc(-c2cn(CO)nn2)c1-c1ccc(Cl)cc1Cl.N#Cc1c(-c2ccnc(F)c2)sc(-c2cnn(CO)n2)c1-c1ccc(Cl)cc1Cl.N#Cc1c(-c2ccnc(F)c2)sc(C=O)c1-c1ccc(Cl)cc1Cl.[B].[H-].[Na+]. The maximum atomic E-state index is 13.7. The third-order valence-electron chi connectivity index (χ3n) is 20.0. The minimum absolute atomic E-state index is 0. The molecule has 52 heteroatoms. The summed E-state index contributed by atoms with van der Waals surface area (Å²) in [4.78, 5) is 66.4. The molecule has 0 aliphatic rings. The van der Waals surface area contributed by atoms with Crippen LogP contribution in [0.5, 0.6) is 0 Å². The van der Waals surface area contributed by atoms with Crippen molar-refractivity contribution in [2.24, 2.45) is 0 Å². The molecule has 0 atom stereocenters. The Balaban J connectivity index is 0.000000222. The molecule has 17 aromatic rings. The minimum Gasteiger partial charge on any atom is -1.00 e. The maximum Gasteiger partial charge on any atom is 1.00 e. The maximum absolute atomic E-state index is 13.7. The molecule has 0 fully saturated rings. The number of nitrogens with zero attached hydrogens (tertiary/aromatic N) is 19. The number of hydrogen-bond donors (Lipinski definition) is 3. The number of nitriles is 5. The molecular formula is C98H60BCl10F5N19NaO10PS5. The van der Waals surface area contributed by atoms with Crippen molar-refractivity contribution in [3.8, 4) is 172 Å². The normalized spacial score (nSPS) is 10.4. The van der Waals surface area contributed by atoms with Gasteiger partial charge in [-0.2, -0.15) is 68.0 Å². The number of aliphatic hydroxyl groups excluding tert-OH is 3. The number of carbonyl (C=O) groups is 3. The number of hydroxylamine groups is 2. The quantitative estimate of drug-likeness (QED) is 0.00574. The van der Waals surface area contributed by atoms with Gasteiger partial charge < -0.3 is 31.3 Å². The number of hydrogen-bond acceptors (Lipinski definition) is 29. The van der Waals surface area contributed by atoms with Gasteiger partial charge in [0.05, 0.1) is 91.2 Å². The van der Waals surface area contributed by atoms with Crippen molar-refractivity contribution < 1.29 is 106 Å². The van der Waals surface area contributed by atoms with E-state index in [2.05, 4.69) is 95.5 Å². The van der Waals surface area contributed by atoms with Crippen molar-refractivity contribution in [1.29, 1.82) is 26.3 Å². The second kappa shape index (κ2) is 56.0. The summed E-state index contributed by atoms with van der Waals surface area (Å²) in [7, 11) is 2.30. The Morgan fingerprint density at radius 2 is 0.820 bits per heavy atom. The van der Waals surface area contributed by atoms with Crippen LogP contribution in [0.15, 0.2) is 195 Å². The van der Waals surface area contributed by atoms with Gasteiger partial charge in [-0.05, 0) is 119 Å². The van der Waals surface area contributed by atoms with Crippen LogP contribution in [0.3, 0.4) is 0 Å². The second-order valence-electron chi connectivity index (χ2n) is 28.7. The molecule has 0 saturated carbocycles. The molecule has 0 unspecified atom stereocenters. The van der Waals surface area contributed by atoms with Gasteiger partial charge in [-0.3, -0.25) is 19.2 Å². The van der Waals surface area contributed by atoms with Crippen LogP contribution in [0.25, 0.3) is 135 Å². The van der Waals surface area contributed by atoms with Crippen LogP contribution in [-0.4, -0.2) is 147 Å². The van der Waals surface area contributed by atoms with E-state index in [4.69, 9.17) is 138 Å². The van der Waals surface area contributed by atoms with Crippen molar-refractivity contribution in [3.63, 3.8) is 0 Å². The van der Waals surface area contributed by atoms with E-state index in [-0.39, 0.29) is 67.2 Å². The van der Waals surface area contributed by atoms with Crippen molar-refractivity contribution >= 4 is 212 Å². The predicted molar refractivity (Wildman–Crippen MR) is 569 cm³/mol. The van der Waals surface area contributed by atoms with Crippen LogP contribution in [0.2, 0.25) is 50.2 Å². The van der Waals surface area contributed by atoms with E-state index in [1.165, 1.54) is 132 Å². The fraction of sp³-hybridized carbons (Fsp3) is 0.0816. The molecule has 1 amide bonds. The van der Waals surface area contributed by atoms with Crippen LogP contribution in [-0.2, 0) is 36.7 Å². The number of pyridine rings is 5. The third-order valence-corrected chi connectivity index (χ3v) is 30.7. The van der Waals surface area contributed by atoms with Crippen LogP contribution in [0, 0.1) is 98.7 Å². The van der Waals surface area contributed by atoms with Gasteiger partial charge in [-0.15, -0.1) is 68.2 Å². The number of Topliss-reactive ketones (excluding diaryl/α,β-unsaturated/α-hetero) is 1. The van der Waals surface area contributed by atoms with Crippen LogP contribution >= 0.6 is 180 Å². The average molecular weight is 2340 g/mol.